The Kier molecular flexibility index (Phi) is 2.94. The van der Waals surface area contributed by atoms with Gasteiger partial charge in [0.2, 0.25) is 0 Å². The van der Waals surface area contributed by atoms with E-state index < -0.39 is 0 Å². The highest BCUT2D eigenvalue weighted by Crippen LogP contribution is 2.37. The first kappa shape index (κ1) is 11.0. The Morgan fingerprint density at radius 2 is 1.69 bits per heavy atom. The molecule has 3 nitrogen and oxygen atoms in total. The van der Waals surface area contributed by atoms with Crippen LogP contribution in [0.5, 0.6) is 0 Å². The van der Waals surface area contributed by atoms with Crippen LogP contribution in [0.4, 0.5) is 0 Å². The Bertz CT molecular complexity index is 236. The van der Waals surface area contributed by atoms with Gasteiger partial charge in [-0.2, -0.15) is 0 Å². The minimum absolute atomic E-state index is 0.193. The van der Waals surface area contributed by atoms with Crippen LogP contribution in [0.3, 0.4) is 0 Å². The van der Waals surface area contributed by atoms with Gasteiger partial charge in [-0.1, -0.05) is 0 Å². The van der Waals surface area contributed by atoms with E-state index in [0.29, 0.717) is 12.1 Å². The van der Waals surface area contributed by atoms with Crippen molar-refractivity contribution in [1.29, 1.82) is 0 Å². The number of rotatable bonds is 3. The van der Waals surface area contributed by atoms with Crippen molar-refractivity contribution >= 4 is 0 Å². The summed E-state index contributed by atoms with van der Waals surface area (Å²) in [5.41, 5.74) is 0. The zero-order valence-electron chi connectivity index (χ0n) is 10.2. The lowest BCUT2D eigenvalue weighted by atomic mass is 9.89. The van der Waals surface area contributed by atoms with E-state index >= 15 is 0 Å². The number of hydrogen-bond acceptors (Lipinski definition) is 3. The van der Waals surface area contributed by atoms with E-state index in [2.05, 4.69) is 12.2 Å². The molecule has 0 aromatic heterocycles. The van der Waals surface area contributed by atoms with Crippen molar-refractivity contribution in [3.05, 3.63) is 0 Å². The SMILES string of the molecule is CC(NC1CCC2(CC1)OCCO2)C1CC1. The molecule has 0 radical (unpaired) electrons. The van der Waals surface area contributed by atoms with Gasteiger partial charge in [0.1, 0.15) is 0 Å². The molecule has 3 fully saturated rings. The number of nitrogens with one attached hydrogen (secondary N) is 1. The van der Waals surface area contributed by atoms with Crippen LogP contribution in [0.25, 0.3) is 0 Å². The van der Waals surface area contributed by atoms with E-state index in [9.17, 15) is 0 Å². The van der Waals surface area contributed by atoms with E-state index in [0.717, 1.165) is 32.0 Å². The average molecular weight is 225 g/mol. The van der Waals surface area contributed by atoms with Gasteiger partial charge < -0.3 is 14.8 Å². The van der Waals surface area contributed by atoms with Gasteiger partial charge in [-0.15, -0.1) is 0 Å². The van der Waals surface area contributed by atoms with Gasteiger partial charge >= 0.3 is 0 Å². The van der Waals surface area contributed by atoms with Crippen LogP contribution in [0, 0.1) is 5.92 Å². The summed E-state index contributed by atoms with van der Waals surface area (Å²) in [7, 11) is 0. The molecule has 3 rings (SSSR count). The molecule has 1 heterocycles. The second-order valence-corrected chi connectivity index (χ2v) is 5.67. The van der Waals surface area contributed by atoms with Gasteiger partial charge in [0.05, 0.1) is 13.2 Å². The van der Waals surface area contributed by atoms with Crippen LogP contribution in [-0.2, 0) is 9.47 Å². The summed E-state index contributed by atoms with van der Waals surface area (Å²) in [5, 5.41) is 3.78. The highest BCUT2D eigenvalue weighted by atomic mass is 16.7. The maximum absolute atomic E-state index is 5.74. The molecule has 1 N–H and O–H groups in total. The lowest BCUT2D eigenvalue weighted by Crippen LogP contribution is -2.45. The van der Waals surface area contributed by atoms with Gasteiger partial charge in [0, 0.05) is 24.9 Å². The minimum atomic E-state index is -0.193. The van der Waals surface area contributed by atoms with Crippen LogP contribution in [0.15, 0.2) is 0 Å². The Labute approximate surface area is 97.9 Å². The van der Waals surface area contributed by atoms with Crippen LogP contribution in [-0.4, -0.2) is 31.1 Å². The van der Waals surface area contributed by atoms with Crippen LogP contribution in [0.2, 0.25) is 0 Å². The first-order valence-corrected chi connectivity index (χ1v) is 6.81. The molecule has 0 amide bonds. The van der Waals surface area contributed by atoms with Gasteiger partial charge in [-0.25, -0.2) is 0 Å². The second-order valence-electron chi connectivity index (χ2n) is 5.67. The van der Waals surface area contributed by atoms with Crippen molar-refractivity contribution in [3.63, 3.8) is 0 Å². The van der Waals surface area contributed by atoms with Crippen molar-refractivity contribution in [3.8, 4) is 0 Å². The second kappa shape index (κ2) is 4.28. The summed E-state index contributed by atoms with van der Waals surface area (Å²) in [6.07, 6.45) is 7.41. The van der Waals surface area contributed by atoms with E-state index in [1.54, 1.807) is 0 Å². The quantitative estimate of drug-likeness (QED) is 0.797. The molecule has 0 bridgehead atoms. The molecular weight excluding hydrogens is 202 g/mol. The molecule has 1 spiro atoms. The lowest BCUT2D eigenvalue weighted by molar-refractivity contribution is -0.179. The van der Waals surface area contributed by atoms with E-state index in [1.807, 2.05) is 0 Å². The summed E-state index contributed by atoms with van der Waals surface area (Å²) in [5.74, 6) is 0.760. The minimum Gasteiger partial charge on any atom is -0.348 e. The summed E-state index contributed by atoms with van der Waals surface area (Å²) >= 11 is 0. The molecule has 2 saturated carbocycles. The normalized spacial score (nSPS) is 32.1. The van der Waals surface area contributed by atoms with E-state index in [-0.39, 0.29) is 5.79 Å². The van der Waals surface area contributed by atoms with Crippen LogP contribution < -0.4 is 5.32 Å². The molecule has 3 heteroatoms. The Balaban J connectivity index is 1.46. The smallest absolute Gasteiger partial charge is 0.168 e. The predicted octanol–water partition coefficient (Wildman–Crippen LogP) is 2.06. The van der Waals surface area contributed by atoms with Gasteiger partial charge in [-0.05, 0) is 38.5 Å². The fourth-order valence-electron chi connectivity index (χ4n) is 3.11. The van der Waals surface area contributed by atoms with Crippen molar-refractivity contribution in [2.45, 2.75) is 63.3 Å². The molecule has 16 heavy (non-hydrogen) atoms. The molecule has 1 aliphatic heterocycles. The third kappa shape index (κ3) is 2.27. The van der Waals surface area contributed by atoms with E-state index in [1.165, 1.54) is 25.7 Å². The van der Waals surface area contributed by atoms with Crippen molar-refractivity contribution < 1.29 is 9.47 Å². The van der Waals surface area contributed by atoms with Crippen molar-refractivity contribution in [1.82, 2.24) is 5.32 Å². The molecule has 0 aromatic rings. The van der Waals surface area contributed by atoms with Crippen molar-refractivity contribution in [2.75, 3.05) is 13.2 Å². The Hall–Kier alpha value is -0.120. The molecule has 1 saturated heterocycles. The standard InChI is InChI=1S/C13H23NO2/c1-10(11-2-3-11)14-12-4-6-13(7-5-12)15-8-9-16-13/h10-12,14H,2-9H2,1H3. The molecule has 2 aliphatic carbocycles. The molecule has 92 valence electrons. The fourth-order valence-corrected chi connectivity index (χ4v) is 3.11. The Morgan fingerprint density at radius 3 is 2.25 bits per heavy atom. The largest absolute Gasteiger partial charge is 0.348 e. The Morgan fingerprint density at radius 1 is 1.06 bits per heavy atom. The molecule has 3 aliphatic rings. The van der Waals surface area contributed by atoms with Crippen LogP contribution >= 0.6 is 0 Å². The van der Waals surface area contributed by atoms with Crippen molar-refractivity contribution in [2.24, 2.45) is 5.92 Å². The lowest BCUT2D eigenvalue weighted by Gasteiger charge is -2.36. The maximum atomic E-state index is 5.74. The van der Waals surface area contributed by atoms with Gasteiger partial charge in [-0.3, -0.25) is 0 Å². The number of hydrogen-bond donors (Lipinski definition) is 1. The fraction of sp³-hybridized carbons (Fsp3) is 1.00. The zero-order chi connectivity index (χ0) is 11.0. The molecular formula is C13H23NO2. The third-order valence-corrected chi connectivity index (χ3v) is 4.39. The summed E-state index contributed by atoms with van der Waals surface area (Å²) < 4.78 is 11.5. The van der Waals surface area contributed by atoms with Crippen LogP contribution in [0.1, 0.15) is 45.4 Å². The third-order valence-electron chi connectivity index (χ3n) is 4.39. The summed E-state index contributed by atoms with van der Waals surface area (Å²) in [6.45, 7) is 3.91. The highest BCUT2D eigenvalue weighted by molar-refractivity contribution is 4.90. The van der Waals surface area contributed by atoms with Gasteiger partial charge in [0.25, 0.3) is 0 Å². The topological polar surface area (TPSA) is 30.5 Å². The molecule has 1 unspecified atom stereocenters. The van der Waals surface area contributed by atoms with E-state index in [4.69, 9.17) is 9.47 Å². The highest BCUT2D eigenvalue weighted by Gasteiger charge is 2.41. The summed E-state index contributed by atoms with van der Waals surface area (Å²) in [6, 6.07) is 1.40. The first-order valence-electron chi connectivity index (χ1n) is 6.81. The van der Waals surface area contributed by atoms with Gasteiger partial charge in [0.15, 0.2) is 5.79 Å². The monoisotopic (exact) mass is 225 g/mol. The molecule has 0 aromatic carbocycles. The maximum Gasteiger partial charge on any atom is 0.168 e. The first-order chi connectivity index (χ1) is 7.77. The predicted molar refractivity (Wildman–Crippen MR) is 62.2 cm³/mol. The molecule has 1 atom stereocenters. The number of ether oxygens (including phenoxy) is 2. The zero-order valence-corrected chi connectivity index (χ0v) is 10.2. The average Bonchev–Trinajstić information content (AvgIpc) is 3.05. The summed E-state index contributed by atoms with van der Waals surface area (Å²) in [4.78, 5) is 0.